The molecule has 0 saturated carbocycles. The van der Waals surface area contributed by atoms with Gasteiger partial charge in [-0.2, -0.15) is 0 Å². The van der Waals surface area contributed by atoms with Crippen molar-refractivity contribution >= 4 is 35.3 Å². The Hall–Kier alpha value is 1.16. The summed E-state index contributed by atoms with van der Waals surface area (Å²) >= 11 is 2.77. The highest BCUT2D eigenvalue weighted by Gasteiger charge is 1.92. The fraction of sp³-hybridized carbons (Fsp3) is 0.882. The average molecular weight is 421 g/mol. The molecule has 0 heterocycles. The Balaban J connectivity index is 2.98. The molecule has 0 fully saturated rings. The summed E-state index contributed by atoms with van der Waals surface area (Å²) in [6.07, 6.45) is 17.6. The number of halogens is 1. The zero-order valence-electron chi connectivity index (χ0n) is 14.0. The van der Waals surface area contributed by atoms with Crippen molar-refractivity contribution in [1.29, 1.82) is 0 Å². The quantitative estimate of drug-likeness (QED) is 0.0955. The van der Waals surface area contributed by atoms with Crippen LogP contribution in [0.2, 0.25) is 4.55 Å². The summed E-state index contributed by atoms with van der Waals surface area (Å²) < 4.78 is 12.3. The largest absolute Gasteiger partial charge is 0.464 e. The lowest BCUT2D eigenvalue weighted by Crippen LogP contribution is -2.02. The van der Waals surface area contributed by atoms with Gasteiger partial charge in [-0.15, -0.1) is 4.55 Å². The molecule has 0 aliphatic heterocycles. The second-order valence-corrected chi connectivity index (χ2v) is 9.82. The van der Waals surface area contributed by atoms with Gasteiger partial charge in [0.25, 0.3) is 0 Å². The zero-order valence-corrected chi connectivity index (χ0v) is 17.5. The van der Waals surface area contributed by atoms with Crippen LogP contribution in [0.5, 0.6) is 0 Å². The molecule has 2 nitrogen and oxygen atoms in total. The van der Waals surface area contributed by atoms with Crippen molar-refractivity contribution in [2.75, 3.05) is 20.0 Å². The van der Waals surface area contributed by atoms with Crippen LogP contribution in [-0.2, 0) is 9.47 Å². The molecule has 122 valence electrons. The van der Waals surface area contributed by atoms with E-state index in [1.807, 2.05) is 0 Å². The minimum Gasteiger partial charge on any atom is -0.355 e. The Morgan fingerprint density at radius 3 is 2.14 bits per heavy atom. The van der Waals surface area contributed by atoms with E-state index >= 15 is 0 Å². The fourth-order valence-electron chi connectivity index (χ4n) is 2.10. The lowest BCUT2D eigenvalue weighted by Gasteiger charge is -2.05. The van der Waals surface area contributed by atoms with E-state index in [0.29, 0.717) is 6.79 Å². The second-order valence-electron chi connectivity index (χ2n) is 5.50. The molecule has 0 aromatic heterocycles. The fourth-order valence-corrected chi connectivity index (χ4v) is 3.81. The maximum Gasteiger partial charge on any atom is 0.464 e. The van der Waals surface area contributed by atoms with Crippen molar-refractivity contribution in [2.45, 2.75) is 75.7 Å². The van der Waals surface area contributed by atoms with Gasteiger partial charge in [-0.1, -0.05) is 70.4 Å². The Bertz CT molecular complexity index is 213. The van der Waals surface area contributed by atoms with Gasteiger partial charge in [0, 0.05) is 6.61 Å². The first-order valence-corrected chi connectivity index (χ1v) is 14.9. The SMILES string of the molecule is CCCCCCCCCCOCOCC/C=C\C[CH2][Mg][I]. The minimum atomic E-state index is 0.216. The lowest BCUT2D eigenvalue weighted by molar-refractivity contribution is -0.0531. The van der Waals surface area contributed by atoms with Crippen LogP contribution in [-0.4, -0.2) is 36.5 Å². The predicted octanol–water partition coefficient (Wildman–Crippen LogP) is 5.93. The van der Waals surface area contributed by atoms with E-state index in [4.69, 9.17) is 9.47 Å². The molecule has 0 spiro atoms. The monoisotopic (exact) mass is 420 g/mol. The summed E-state index contributed by atoms with van der Waals surface area (Å²) in [5.41, 5.74) is 0. The molecule has 0 rings (SSSR count). The normalized spacial score (nSPS) is 11.1. The number of unbranched alkanes of at least 4 members (excludes halogenated alkanes) is 7. The first-order chi connectivity index (χ1) is 10.4. The van der Waals surface area contributed by atoms with Crippen LogP contribution >= 0.6 is 18.9 Å². The van der Waals surface area contributed by atoms with Crippen molar-refractivity contribution in [1.82, 2.24) is 0 Å². The molecule has 0 aromatic rings. The third kappa shape index (κ3) is 21.2. The third-order valence-electron chi connectivity index (χ3n) is 3.41. The first-order valence-electron chi connectivity index (χ1n) is 8.78. The van der Waals surface area contributed by atoms with E-state index in [1.165, 1.54) is 62.3 Å². The molecule has 0 atom stereocenters. The highest BCUT2D eigenvalue weighted by molar-refractivity contribution is 14.1. The summed E-state index contributed by atoms with van der Waals surface area (Å²) in [5.74, 6) is 0. The molecule has 0 unspecified atom stereocenters. The minimum absolute atomic E-state index is 0.216. The Morgan fingerprint density at radius 2 is 1.43 bits per heavy atom. The van der Waals surface area contributed by atoms with Crippen LogP contribution in [0.3, 0.4) is 0 Å². The van der Waals surface area contributed by atoms with Crippen LogP contribution in [0, 0.1) is 0 Å². The van der Waals surface area contributed by atoms with Gasteiger partial charge in [-0.25, -0.2) is 0 Å². The maximum atomic E-state index is 5.48. The summed E-state index contributed by atoms with van der Waals surface area (Å²) in [6.45, 7) is 4.37. The molecule has 0 bridgehead atoms. The zero-order chi connectivity index (χ0) is 15.4. The van der Waals surface area contributed by atoms with Crippen molar-refractivity contribution < 1.29 is 9.47 Å². The molecule has 4 heteroatoms. The number of hydrogen-bond acceptors (Lipinski definition) is 2. The van der Waals surface area contributed by atoms with Crippen molar-refractivity contribution in [2.24, 2.45) is 0 Å². The topological polar surface area (TPSA) is 18.5 Å². The van der Waals surface area contributed by atoms with E-state index in [9.17, 15) is 0 Å². The maximum absolute atomic E-state index is 5.48. The van der Waals surface area contributed by atoms with Crippen molar-refractivity contribution in [3.8, 4) is 0 Å². The Morgan fingerprint density at radius 1 is 0.810 bits per heavy atom. The van der Waals surface area contributed by atoms with Gasteiger partial charge in [0.15, 0.2) is 0 Å². The molecular weight excluding hydrogens is 387 g/mol. The van der Waals surface area contributed by atoms with Crippen LogP contribution in [0.1, 0.15) is 71.1 Å². The Labute approximate surface area is 151 Å². The van der Waals surface area contributed by atoms with Crippen LogP contribution in [0.15, 0.2) is 12.2 Å². The highest BCUT2D eigenvalue weighted by atomic mass is 127. The van der Waals surface area contributed by atoms with E-state index in [2.05, 4.69) is 37.9 Å². The highest BCUT2D eigenvalue weighted by Crippen LogP contribution is 2.08. The first kappa shape index (κ1) is 22.2. The van der Waals surface area contributed by atoms with E-state index in [0.717, 1.165) is 19.6 Å². The summed E-state index contributed by atoms with van der Waals surface area (Å²) in [6, 6.07) is 0. The standard InChI is InChI=1S/C17H33O2.HI.Mg/c1-3-5-7-9-10-11-12-14-16-19-17-18-15-13-8-6-4-2;;/h6,8H,2-5,7,9-17H2,1H3;1H;/q;;+1/p-1/b8-6-;;. The predicted molar refractivity (Wildman–Crippen MR) is 102 cm³/mol. The molecule has 0 amide bonds. The molecule has 0 N–H and O–H groups in total. The average Bonchev–Trinajstić information content (AvgIpc) is 2.50. The van der Waals surface area contributed by atoms with Crippen LogP contribution < -0.4 is 0 Å². The van der Waals surface area contributed by atoms with Gasteiger partial charge in [-0.3, -0.25) is 0 Å². The van der Waals surface area contributed by atoms with Crippen molar-refractivity contribution in [3.05, 3.63) is 12.2 Å². The van der Waals surface area contributed by atoms with Gasteiger partial charge in [0.1, 0.15) is 6.79 Å². The van der Waals surface area contributed by atoms with Crippen LogP contribution in [0.25, 0.3) is 0 Å². The molecule has 0 radical (unpaired) electrons. The van der Waals surface area contributed by atoms with Gasteiger partial charge in [0.05, 0.1) is 6.61 Å². The van der Waals surface area contributed by atoms with E-state index < -0.39 is 0 Å². The molecule has 21 heavy (non-hydrogen) atoms. The van der Waals surface area contributed by atoms with E-state index in [-0.39, 0.29) is 16.5 Å². The summed E-state index contributed by atoms with van der Waals surface area (Å²) in [5, 5.41) is 0. The van der Waals surface area contributed by atoms with Gasteiger partial charge in [0.2, 0.25) is 0 Å². The Kier molecular flexibility index (Phi) is 22.3. The molecule has 0 aromatic carbocycles. The smallest absolute Gasteiger partial charge is 0.355 e. The van der Waals surface area contributed by atoms with Gasteiger partial charge < -0.3 is 28.3 Å². The number of allylic oxidation sites excluding steroid dienone is 1. The summed E-state index contributed by atoms with van der Waals surface area (Å²) in [4.78, 5) is 0. The van der Waals surface area contributed by atoms with E-state index in [1.54, 1.807) is 0 Å². The van der Waals surface area contributed by atoms with Gasteiger partial charge in [-0.05, 0) is 12.8 Å². The number of rotatable bonds is 17. The summed E-state index contributed by atoms with van der Waals surface area (Å²) in [7, 11) is 0. The van der Waals surface area contributed by atoms with Crippen LogP contribution in [0.4, 0.5) is 0 Å². The lowest BCUT2D eigenvalue weighted by atomic mass is 10.1. The molecule has 0 aliphatic carbocycles. The molecule has 0 saturated heterocycles. The second kappa shape index (κ2) is 21.2. The number of hydrogen-bond donors (Lipinski definition) is 0. The third-order valence-corrected chi connectivity index (χ3v) is 6.37. The number of ether oxygens (including phenoxy) is 2. The van der Waals surface area contributed by atoms with Gasteiger partial charge >= 0.3 is 16.5 Å². The van der Waals surface area contributed by atoms with Crippen molar-refractivity contribution in [3.63, 3.8) is 0 Å². The molecule has 0 aliphatic rings. The molecular formula is C17H33IMgO2.